The van der Waals surface area contributed by atoms with Crippen molar-refractivity contribution in [3.8, 4) is 11.5 Å². The Labute approximate surface area is 162 Å². The Balaban J connectivity index is 1.98. The lowest BCUT2D eigenvalue weighted by Crippen LogP contribution is -2.27. The quantitative estimate of drug-likeness (QED) is 0.562. The number of nitrogens with zero attached hydrogens (tertiary/aromatic N) is 1. The highest BCUT2D eigenvalue weighted by atomic mass is 32.2. The van der Waals surface area contributed by atoms with Gasteiger partial charge in [0.05, 0.1) is 24.8 Å². The summed E-state index contributed by atoms with van der Waals surface area (Å²) in [4.78, 5) is 15.1. The summed E-state index contributed by atoms with van der Waals surface area (Å²) in [6, 6.07) is 11.4. The molecule has 0 spiro atoms. The molecule has 0 atom stereocenters. The summed E-state index contributed by atoms with van der Waals surface area (Å²) in [5, 5.41) is 0. The number of anilines is 1. The van der Waals surface area contributed by atoms with E-state index in [1.807, 2.05) is 50.2 Å². The minimum absolute atomic E-state index is 0.131. The first kappa shape index (κ1) is 18.5. The maximum atomic E-state index is 12.9. The molecule has 0 aromatic heterocycles. The smallest absolute Gasteiger partial charge is 0.270 e. The molecule has 1 fully saturated rings. The van der Waals surface area contributed by atoms with Crippen molar-refractivity contribution in [3.63, 3.8) is 0 Å². The highest BCUT2D eigenvalue weighted by Gasteiger charge is 2.33. The summed E-state index contributed by atoms with van der Waals surface area (Å²) in [6.45, 7) is 4.06. The highest BCUT2D eigenvalue weighted by molar-refractivity contribution is 8.27. The fraction of sp³-hybridized carbons (Fsp3) is 0.200. The number of ether oxygens (including phenoxy) is 2. The molecule has 134 valence electrons. The molecule has 3 rings (SSSR count). The molecule has 4 nitrogen and oxygen atoms in total. The summed E-state index contributed by atoms with van der Waals surface area (Å²) in [7, 11) is 3.20. The third-order valence-corrected chi connectivity index (χ3v) is 5.57. The molecule has 2 aromatic rings. The fourth-order valence-electron chi connectivity index (χ4n) is 2.65. The second-order valence-electron chi connectivity index (χ2n) is 5.89. The van der Waals surface area contributed by atoms with Crippen LogP contribution in [0.25, 0.3) is 6.08 Å². The summed E-state index contributed by atoms with van der Waals surface area (Å²) >= 11 is 6.74. The Bertz CT molecular complexity index is 921. The number of carbonyl (C=O) groups is 1. The SMILES string of the molecule is COc1ccc(OC)c(/C=C2/SC(=S)N(c3ccc(C)c(C)c3)C2=O)c1. The standard InChI is InChI=1S/C20H19NO3S2/c1-12-5-6-15(9-13(12)2)21-19(22)18(26-20(21)25)11-14-10-16(23-3)7-8-17(14)24-4/h5-11H,1-4H3/b18-11+. The van der Waals surface area contributed by atoms with E-state index >= 15 is 0 Å². The fourth-order valence-corrected chi connectivity index (χ4v) is 3.94. The van der Waals surface area contributed by atoms with E-state index in [1.54, 1.807) is 25.2 Å². The van der Waals surface area contributed by atoms with Crippen LogP contribution in [-0.4, -0.2) is 24.4 Å². The largest absolute Gasteiger partial charge is 0.497 e. The van der Waals surface area contributed by atoms with E-state index in [2.05, 4.69) is 0 Å². The Morgan fingerprint density at radius 2 is 1.81 bits per heavy atom. The molecule has 0 bridgehead atoms. The number of methoxy groups -OCH3 is 2. The first-order chi connectivity index (χ1) is 12.4. The first-order valence-corrected chi connectivity index (χ1v) is 9.24. The number of hydrogen-bond acceptors (Lipinski definition) is 5. The summed E-state index contributed by atoms with van der Waals surface area (Å²) in [5.41, 5.74) is 3.86. The van der Waals surface area contributed by atoms with E-state index in [-0.39, 0.29) is 5.91 Å². The number of thiocarbonyl (C=S) groups is 1. The van der Waals surface area contributed by atoms with E-state index in [0.717, 1.165) is 16.8 Å². The van der Waals surface area contributed by atoms with Crippen molar-refractivity contribution in [3.05, 3.63) is 58.0 Å². The summed E-state index contributed by atoms with van der Waals surface area (Å²) < 4.78 is 11.2. The number of amides is 1. The zero-order valence-electron chi connectivity index (χ0n) is 15.0. The molecule has 6 heteroatoms. The maximum Gasteiger partial charge on any atom is 0.270 e. The number of carbonyl (C=O) groups excluding carboxylic acids is 1. The molecule has 2 aromatic carbocycles. The summed E-state index contributed by atoms with van der Waals surface area (Å²) in [5.74, 6) is 1.23. The van der Waals surface area contributed by atoms with Gasteiger partial charge in [-0.3, -0.25) is 9.69 Å². The Kier molecular flexibility index (Phi) is 5.34. The molecule has 1 amide bonds. The van der Waals surface area contributed by atoms with Gasteiger partial charge in [-0.05, 0) is 61.4 Å². The number of benzene rings is 2. The predicted octanol–water partition coefficient (Wildman–Crippen LogP) is 4.73. The van der Waals surface area contributed by atoms with Crippen LogP contribution in [0, 0.1) is 13.8 Å². The van der Waals surface area contributed by atoms with Crippen molar-refractivity contribution in [1.82, 2.24) is 0 Å². The van der Waals surface area contributed by atoms with E-state index in [4.69, 9.17) is 21.7 Å². The van der Waals surface area contributed by atoms with Crippen LogP contribution < -0.4 is 14.4 Å². The zero-order chi connectivity index (χ0) is 18.8. The normalized spacial score (nSPS) is 15.7. The third-order valence-electron chi connectivity index (χ3n) is 4.27. The molecule has 0 N–H and O–H groups in total. The molecule has 26 heavy (non-hydrogen) atoms. The maximum absolute atomic E-state index is 12.9. The lowest BCUT2D eigenvalue weighted by Gasteiger charge is -2.16. The molecule has 1 saturated heterocycles. The average molecular weight is 386 g/mol. The van der Waals surface area contributed by atoms with E-state index in [0.29, 0.717) is 20.7 Å². The molecule has 0 aliphatic carbocycles. The van der Waals surface area contributed by atoms with Crippen LogP contribution in [0.5, 0.6) is 11.5 Å². The Morgan fingerprint density at radius 1 is 1.04 bits per heavy atom. The molecule has 1 aliphatic rings. The van der Waals surface area contributed by atoms with Crippen molar-refractivity contribution in [2.75, 3.05) is 19.1 Å². The van der Waals surface area contributed by atoms with Crippen molar-refractivity contribution in [2.45, 2.75) is 13.8 Å². The molecular formula is C20H19NO3S2. The molecule has 0 saturated carbocycles. The minimum atomic E-state index is -0.131. The van der Waals surface area contributed by atoms with Crippen LogP contribution in [-0.2, 0) is 4.79 Å². The van der Waals surface area contributed by atoms with Gasteiger partial charge in [0.15, 0.2) is 4.32 Å². The number of hydrogen-bond donors (Lipinski definition) is 0. The Hall–Kier alpha value is -2.31. The van der Waals surface area contributed by atoms with Gasteiger partial charge in [0.2, 0.25) is 0 Å². The molecular weight excluding hydrogens is 366 g/mol. The second-order valence-corrected chi connectivity index (χ2v) is 7.57. The van der Waals surface area contributed by atoms with Crippen molar-refractivity contribution in [1.29, 1.82) is 0 Å². The van der Waals surface area contributed by atoms with Gasteiger partial charge in [-0.25, -0.2) is 0 Å². The van der Waals surface area contributed by atoms with Gasteiger partial charge in [0.1, 0.15) is 11.5 Å². The summed E-state index contributed by atoms with van der Waals surface area (Å²) in [6.07, 6.45) is 1.79. The van der Waals surface area contributed by atoms with Crippen LogP contribution in [0.15, 0.2) is 41.3 Å². The number of aryl methyl sites for hydroxylation is 2. The van der Waals surface area contributed by atoms with Gasteiger partial charge in [-0.2, -0.15) is 0 Å². The van der Waals surface area contributed by atoms with Crippen LogP contribution in [0.2, 0.25) is 0 Å². The van der Waals surface area contributed by atoms with Crippen LogP contribution >= 0.6 is 24.0 Å². The lowest BCUT2D eigenvalue weighted by atomic mass is 10.1. The van der Waals surface area contributed by atoms with Crippen LogP contribution in [0.3, 0.4) is 0 Å². The first-order valence-electron chi connectivity index (χ1n) is 8.02. The number of rotatable bonds is 4. The predicted molar refractivity (Wildman–Crippen MR) is 111 cm³/mol. The molecule has 1 aliphatic heterocycles. The second kappa shape index (κ2) is 7.51. The average Bonchev–Trinajstić information content (AvgIpc) is 2.91. The van der Waals surface area contributed by atoms with Crippen LogP contribution in [0.4, 0.5) is 5.69 Å². The monoisotopic (exact) mass is 385 g/mol. The molecule has 0 radical (unpaired) electrons. The van der Waals surface area contributed by atoms with Gasteiger partial charge >= 0.3 is 0 Å². The van der Waals surface area contributed by atoms with Gasteiger partial charge in [0, 0.05) is 5.56 Å². The van der Waals surface area contributed by atoms with Crippen molar-refractivity contribution < 1.29 is 14.3 Å². The third kappa shape index (κ3) is 3.48. The van der Waals surface area contributed by atoms with E-state index < -0.39 is 0 Å². The topological polar surface area (TPSA) is 38.8 Å². The van der Waals surface area contributed by atoms with Gasteiger partial charge in [0.25, 0.3) is 5.91 Å². The molecule has 1 heterocycles. The van der Waals surface area contributed by atoms with Gasteiger partial charge in [-0.1, -0.05) is 30.0 Å². The Morgan fingerprint density at radius 3 is 2.46 bits per heavy atom. The minimum Gasteiger partial charge on any atom is -0.497 e. The lowest BCUT2D eigenvalue weighted by molar-refractivity contribution is -0.113. The van der Waals surface area contributed by atoms with Gasteiger partial charge in [-0.15, -0.1) is 0 Å². The van der Waals surface area contributed by atoms with E-state index in [9.17, 15) is 4.79 Å². The van der Waals surface area contributed by atoms with Crippen molar-refractivity contribution in [2.24, 2.45) is 0 Å². The zero-order valence-corrected chi connectivity index (χ0v) is 16.7. The van der Waals surface area contributed by atoms with Crippen LogP contribution in [0.1, 0.15) is 16.7 Å². The van der Waals surface area contributed by atoms with E-state index in [1.165, 1.54) is 17.3 Å². The number of thioether (sulfide) groups is 1. The molecule has 0 unspecified atom stereocenters. The van der Waals surface area contributed by atoms with Gasteiger partial charge < -0.3 is 9.47 Å². The highest BCUT2D eigenvalue weighted by Crippen LogP contribution is 2.38. The van der Waals surface area contributed by atoms with Crippen molar-refractivity contribution >= 4 is 46.0 Å².